The molecule has 41 heavy (non-hydrogen) atoms. The maximum Gasteiger partial charge on any atom is 0.315 e. The normalized spacial score (nSPS) is 19.0. The van der Waals surface area contributed by atoms with Crippen molar-refractivity contribution in [2.24, 2.45) is 0 Å². The third-order valence-electron chi connectivity index (χ3n) is 9.10. The lowest BCUT2D eigenvalue weighted by molar-refractivity contribution is -0.136. The van der Waals surface area contributed by atoms with Crippen LogP contribution in [0.4, 0.5) is 4.79 Å². The monoisotopic (exact) mass is 558 g/mol. The van der Waals surface area contributed by atoms with Crippen LogP contribution in [0.25, 0.3) is 10.9 Å². The number of likely N-dealkylation sites (N-methyl/N-ethyl adjacent to an activating group) is 2. The highest BCUT2D eigenvalue weighted by molar-refractivity contribution is 5.90. The number of nitrogens with zero attached hydrogens (tertiary/aromatic N) is 2. The molecule has 218 valence electrons. The molecule has 5 rings (SSSR count). The summed E-state index contributed by atoms with van der Waals surface area (Å²) in [4.78, 5) is 47.0. The van der Waals surface area contributed by atoms with Gasteiger partial charge in [-0.05, 0) is 49.1 Å². The third kappa shape index (κ3) is 5.55. The summed E-state index contributed by atoms with van der Waals surface area (Å²) in [5, 5.41) is 9.93. The van der Waals surface area contributed by atoms with Crippen LogP contribution in [0.5, 0.6) is 0 Å². The predicted molar refractivity (Wildman–Crippen MR) is 161 cm³/mol. The summed E-state index contributed by atoms with van der Waals surface area (Å²) in [5.41, 5.74) is 4.24. The number of carbonyl (C=O) groups excluding carboxylic acids is 3. The van der Waals surface area contributed by atoms with E-state index in [9.17, 15) is 14.4 Å². The molecule has 1 aliphatic heterocycles. The van der Waals surface area contributed by atoms with Crippen molar-refractivity contribution in [2.75, 3.05) is 47.3 Å². The zero-order valence-corrected chi connectivity index (χ0v) is 24.5. The highest BCUT2D eigenvalue weighted by Crippen LogP contribution is 2.52. The Morgan fingerprint density at radius 1 is 1.05 bits per heavy atom. The number of para-hydroxylation sites is 1. The van der Waals surface area contributed by atoms with Gasteiger partial charge in [0.15, 0.2) is 0 Å². The Balaban J connectivity index is 1.36. The van der Waals surface area contributed by atoms with Gasteiger partial charge in [-0.15, -0.1) is 0 Å². The molecular weight excluding hydrogens is 516 g/mol. The summed E-state index contributed by atoms with van der Waals surface area (Å²) in [6.07, 6.45) is 4.29. The number of fused-ring (bicyclic) bond motifs is 3. The van der Waals surface area contributed by atoms with Crippen LogP contribution in [0.15, 0.2) is 54.7 Å². The van der Waals surface area contributed by atoms with Crippen molar-refractivity contribution in [3.8, 4) is 0 Å². The van der Waals surface area contributed by atoms with Gasteiger partial charge in [-0.25, -0.2) is 4.79 Å². The second-order valence-electron chi connectivity index (χ2n) is 11.7. The van der Waals surface area contributed by atoms with Crippen LogP contribution < -0.4 is 16.0 Å². The van der Waals surface area contributed by atoms with E-state index in [-0.39, 0.29) is 35.1 Å². The van der Waals surface area contributed by atoms with Gasteiger partial charge in [0.25, 0.3) is 0 Å². The lowest BCUT2D eigenvalue weighted by Crippen LogP contribution is -2.56. The number of carbonyl (C=O) groups is 3. The zero-order chi connectivity index (χ0) is 29.1. The molecule has 4 amide bonds. The first-order valence-electron chi connectivity index (χ1n) is 14.6. The molecule has 0 radical (unpaired) electrons. The van der Waals surface area contributed by atoms with Gasteiger partial charge in [0, 0.05) is 68.7 Å². The third-order valence-corrected chi connectivity index (χ3v) is 9.10. The van der Waals surface area contributed by atoms with Gasteiger partial charge in [-0.3, -0.25) is 9.59 Å². The van der Waals surface area contributed by atoms with Gasteiger partial charge < -0.3 is 30.7 Å². The second-order valence-corrected chi connectivity index (χ2v) is 11.7. The van der Waals surface area contributed by atoms with Crippen LogP contribution in [-0.2, 0) is 15.0 Å². The van der Waals surface area contributed by atoms with E-state index < -0.39 is 6.04 Å². The minimum Gasteiger partial charge on any atom is -0.361 e. The molecule has 4 N–H and O–H groups in total. The topological polar surface area (TPSA) is 110 Å². The second kappa shape index (κ2) is 11.9. The fraction of sp³-hybridized carbons (Fsp3) is 0.469. The van der Waals surface area contributed by atoms with Crippen molar-refractivity contribution < 1.29 is 14.4 Å². The minimum absolute atomic E-state index is 0.0754. The van der Waals surface area contributed by atoms with Crippen molar-refractivity contribution >= 4 is 28.7 Å². The number of rotatable bonds is 8. The lowest BCUT2D eigenvalue weighted by Gasteiger charge is -2.42. The number of urea groups is 1. The van der Waals surface area contributed by atoms with Crippen LogP contribution in [0.3, 0.4) is 0 Å². The standard InChI is InChI=1S/C32H42N6O3/c1-21(25-20-35-27-12-8-6-10-23(25)27)28(36-31(41)34-16-15-33-2)30(40)38-17-13-32(14-18-38)19-24(29(39)37(3)4)22-9-5-7-11-26(22)32/h5-12,20-21,24,28,33,35H,13-19H2,1-4H3,(H2,34,36,41)/t21-,24-,28-/m1/s1. The van der Waals surface area contributed by atoms with Crippen molar-refractivity contribution in [3.63, 3.8) is 0 Å². The minimum atomic E-state index is -0.725. The van der Waals surface area contributed by atoms with Crippen LogP contribution in [0, 0.1) is 0 Å². The van der Waals surface area contributed by atoms with E-state index in [1.165, 1.54) is 5.56 Å². The molecule has 0 bridgehead atoms. The average molecular weight is 559 g/mol. The lowest BCUT2D eigenvalue weighted by atomic mass is 9.73. The fourth-order valence-electron chi connectivity index (χ4n) is 6.80. The fourth-order valence-corrected chi connectivity index (χ4v) is 6.80. The van der Waals surface area contributed by atoms with Crippen LogP contribution in [0.1, 0.15) is 54.7 Å². The van der Waals surface area contributed by atoms with E-state index in [0.717, 1.165) is 41.3 Å². The van der Waals surface area contributed by atoms with E-state index in [4.69, 9.17) is 0 Å². The van der Waals surface area contributed by atoms with Crippen molar-refractivity contribution in [2.45, 2.75) is 49.5 Å². The molecule has 2 heterocycles. The largest absolute Gasteiger partial charge is 0.361 e. The number of H-pyrrole nitrogens is 1. The van der Waals surface area contributed by atoms with Gasteiger partial charge in [-0.1, -0.05) is 49.4 Å². The highest BCUT2D eigenvalue weighted by atomic mass is 16.2. The Morgan fingerprint density at radius 3 is 2.49 bits per heavy atom. The molecule has 3 aromatic rings. The Morgan fingerprint density at radius 2 is 1.76 bits per heavy atom. The number of amides is 4. The quantitative estimate of drug-likeness (QED) is 0.318. The predicted octanol–water partition coefficient (Wildman–Crippen LogP) is 3.29. The molecule has 3 atom stereocenters. The molecule has 1 fully saturated rings. The molecule has 1 spiro atoms. The first-order valence-corrected chi connectivity index (χ1v) is 14.6. The average Bonchev–Trinajstić information content (AvgIpc) is 3.55. The van der Waals surface area contributed by atoms with Crippen molar-refractivity contribution in [1.82, 2.24) is 30.7 Å². The van der Waals surface area contributed by atoms with Crippen LogP contribution in [0.2, 0.25) is 0 Å². The molecule has 1 aliphatic carbocycles. The Bertz CT molecular complexity index is 1410. The van der Waals surface area contributed by atoms with Gasteiger partial charge in [0.05, 0.1) is 5.92 Å². The van der Waals surface area contributed by atoms with E-state index >= 15 is 0 Å². The van der Waals surface area contributed by atoms with Gasteiger partial charge in [0.2, 0.25) is 11.8 Å². The van der Waals surface area contributed by atoms with E-state index in [0.29, 0.717) is 26.2 Å². The summed E-state index contributed by atoms with van der Waals surface area (Å²) in [7, 11) is 5.46. The van der Waals surface area contributed by atoms with E-state index in [2.05, 4.69) is 39.1 Å². The highest BCUT2D eigenvalue weighted by Gasteiger charge is 2.48. The summed E-state index contributed by atoms with van der Waals surface area (Å²) in [5.74, 6) is -0.345. The Hall–Kier alpha value is -3.85. The number of piperidine rings is 1. The number of nitrogens with one attached hydrogen (secondary N) is 4. The molecule has 2 aliphatic rings. The number of likely N-dealkylation sites (tertiary alicyclic amines) is 1. The Labute approximate surface area is 242 Å². The maximum absolute atomic E-state index is 14.1. The molecule has 1 aromatic heterocycles. The number of hydrogen-bond acceptors (Lipinski definition) is 4. The molecule has 9 heteroatoms. The summed E-state index contributed by atoms with van der Waals surface area (Å²) < 4.78 is 0. The first kappa shape index (κ1) is 28.7. The first-order chi connectivity index (χ1) is 19.8. The molecule has 1 saturated heterocycles. The van der Waals surface area contributed by atoms with Crippen LogP contribution >= 0.6 is 0 Å². The number of aromatic amines is 1. The van der Waals surface area contributed by atoms with E-state index in [1.54, 1.807) is 4.90 Å². The SMILES string of the molecule is CNCCNC(=O)N[C@@H](C(=O)N1CCC2(CC1)C[C@@H](C(=O)N(C)C)c1ccccc12)[C@H](C)c1c[nH]c2ccccc12. The van der Waals surface area contributed by atoms with Crippen molar-refractivity contribution in [1.29, 1.82) is 0 Å². The summed E-state index contributed by atoms with van der Waals surface area (Å²) in [6, 6.07) is 15.2. The van der Waals surface area contributed by atoms with E-state index in [1.807, 2.05) is 69.5 Å². The van der Waals surface area contributed by atoms with Gasteiger partial charge in [-0.2, -0.15) is 0 Å². The maximum atomic E-state index is 14.1. The Kier molecular flexibility index (Phi) is 8.35. The molecule has 0 saturated carbocycles. The summed E-state index contributed by atoms with van der Waals surface area (Å²) in [6.45, 7) is 4.26. The number of hydrogen-bond donors (Lipinski definition) is 4. The molecule has 9 nitrogen and oxygen atoms in total. The smallest absolute Gasteiger partial charge is 0.315 e. The zero-order valence-electron chi connectivity index (χ0n) is 24.5. The molecular formula is C32H42N6O3. The molecule has 0 unspecified atom stereocenters. The van der Waals surface area contributed by atoms with Gasteiger partial charge >= 0.3 is 6.03 Å². The number of aromatic nitrogens is 1. The number of benzene rings is 2. The summed E-state index contributed by atoms with van der Waals surface area (Å²) >= 11 is 0. The van der Waals surface area contributed by atoms with Crippen LogP contribution in [-0.4, -0.2) is 86.0 Å². The van der Waals surface area contributed by atoms with Crippen molar-refractivity contribution in [3.05, 3.63) is 71.4 Å². The molecule has 2 aromatic carbocycles. The van der Waals surface area contributed by atoms with Gasteiger partial charge in [0.1, 0.15) is 6.04 Å².